The number of fused-ring (bicyclic) bond motifs is 1. The summed E-state index contributed by atoms with van der Waals surface area (Å²) in [4.78, 5) is 11.2. The van der Waals surface area contributed by atoms with Crippen LogP contribution < -0.4 is 18.9 Å². The summed E-state index contributed by atoms with van der Waals surface area (Å²) in [5.41, 5.74) is 7.39. The fourth-order valence-electron chi connectivity index (χ4n) is 5.86. The highest BCUT2D eigenvalue weighted by Gasteiger charge is 2.27. The van der Waals surface area contributed by atoms with Crippen LogP contribution >= 0.6 is 0 Å². The maximum absolute atomic E-state index is 11.2. The number of carbonyl (C=O) groups is 1. The highest BCUT2D eigenvalue weighted by molar-refractivity contribution is 5.73. The molecule has 0 bridgehead atoms. The van der Waals surface area contributed by atoms with Gasteiger partial charge < -0.3 is 28.8 Å². The van der Waals surface area contributed by atoms with Crippen molar-refractivity contribution < 1.29 is 33.6 Å². The first-order valence-electron chi connectivity index (χ1n) is 14.7. The van der Waals surface area contributed by atoms with Gasteiger partial charge in [-0.05, 0) is 72.0 Å². The molecule has 2 aliphatic heterocycles. The number of ether oxygens (including phenoxy) is 5. The van der Waals surface area contributed by atoms with Crippen LogP contribution in [0.3, 0.4) is 0 Å². The largest absolute Gasteiger partial charge is 0.492 e. The molecule has 0 aromatic heterocycles. The minimum Gasteiger partial charge on any atom is -0.492 e. The predicted octanol–water partition coefficient (Wildman–Crippen LogP) is 7.25. The van der Waals surface area contributed by atoms with Crippen molar-refractivity contribution in [2.75, 3.05) is 19.8 Å². The Labute approximate surface area is 251 Å². The highest BCUT2D eigenvalue weighted by atomic mass is 16.5. The zero-order chi connectivity index (χ0) is 29.8. The molecule has 43 heavy (non-hydrogen) atoms. The van der Waals surface area contributed by atoms with E-state index in [1.807, 2.05) is 54.6 Å². The molecular formula is C36H36O7. The van der Waals surface area contributed by atoms with Crippen molar-refractivity contribution in [1.82, 2.24) is 0 Å². The van der Waals surface area contributed by atoms with E-state index in [1.54, 1.807) is 0 Å². The Morgan fingerprint density at radius 3 is 2.44 bits per heavy atom. The highest BCUT2D eigenvalue weighted by Crippen LogP contribution is 2.39. The summed E-state index contributed by atoms with van der Waals surface area (Å²) >= 11 is 0. The first-order chi connectivity index (χ1) is 20.9. The van der Waals surface area contributed by atoms with Crippen molar-refractivity contribution in [3.05, 3.63) is 107 Å². The normalized spacial score (nSPS) is 17.3. The standard InChI is InChI=1S/C36H36O7/c1-23-14-31(43-30-12-13-39-22-30)15-24(2)36(23)26-8-11-33(41-19-25-6-4-3-5-7-25)28(16-26)21-40-29-9-10-32-27(17-35(37)38)20-42-34(32)18-29/h3-11,14-16,18,27,30H,12-13,17,19-22H2,1-2H3,(H,37,38). The number of hydrogen-bond donors (Lipinski definition) is 1. The lowest BCUT2D eigenvalue weighted by Crippen LogP contribution is -2.15. The minimum atomic E-state index is -0.833. The van der Waals surface area contributed by atoms with Gasteiger partial charge in [0, 0.05) is 29.5 Å². The number of carboxylic acid groups (broad SMARTS) is 1. The lowest BCUT2D eigenvalue weighted by atomic mass is 9.94. The van der Waals surface area contributed by atoms with Gasteiger partial charge in [-0.2, -0.15) is 0 Å². The molecule has 4 aromatic carbocycles. The molecule has 0 spiro atoms. The van der Waals surface area contributed by atoms with Crippen molar-refractivity contribution in [2.24, 2.45) is 0 Å². The number of benzene rings is 4. The fraction of sp³-hybridized carbons (Fsp3) is 0.306. The summed E-state index contributed by atoms with van der Waals surface area (Å²) < 4.78 is 30.0. The Hall–Kier alpha value is -4.49. The molecule has 6 rings (SSSR count). The summed E-state index contributed by atoms with van der Waals surface area (Å²) in [5.74, 6) is 1.97. The van der Waals surface area contributed by atoms with E-state index >= 15 is 0 Å². The van der Waals surface area contributed by atoms with Crippen LogP contribution in [0, 0.1) is 13.8 Å². The topological polar surface area (TPSA) is 83.5 Å². The molecule has 1 saturated heterocycles. The molecule has 222 valence electrons. The summed E-state index contributed by atoms with van der Waals surface area (Å²) in [6.45, 7) is 6.69. The minimum absolute atomic E-state index is 0.0447. The molecule has 1 fully saturated rings. The zero-order valence-electron chi connectivity index (χ0n) is 24.5. The fourth-order valence-corrected chi connectivity index (χ4v) is 5.86. The van der Waals surface area contributed by atoms with Gasteiger partial charge in [-0.3, -0.25) is 4.79 Å². The number of rotatable bonds is 11. The van der Waals surface area contributed by atoms with E-state index in [2.05, 4.69) is 38.1 Å². The molecule has 7 nitrogen and oxygen atoms in total. The van der Waals surface area contributed by atoms with Gasteiger partial charge in [0.05, 0.1) is 26.2 Å². The lowest BCUT2D eigenvalue weighted by molar-refractivity contribution is -0.137. The molecule has 0 radical (unpaired) electrons. The number of aryl methyl sites for hydroxylation is 2. The van der Waals surface area contributed by atoms with Crippen molar-refractivity contribution in [3.8, 4) is 34.1 Å². The van der Waals surface area contributed by atoms with Gasteiger partial charge in [0.1, 0.15) is 42.3 Å². The number of hydrogen-bond acceptors (Lipinski definition) is 6. The van der Waals surface area contributed by atoms with Gasteiger partial charge in [0.15, 0.2) is 0 Å². The maximum atomic E-state index is 11.2. The summed E-state index contributed by atoms with van der Waals surface area (Å²) in [6.07, 6.45) is 1.05. The van der Waals surface area contributed by atoms with Crippen LogP contribution in [0.25, 0.3) is 11.1 Å². The molecule has 4 aromatic rings. The second kappa shape index (κ2) is 12.8. The summed E-state index contributed by atoms with van der Waals surface area (Å²) in [6, 6.07) is 26.1. The second-order valence-electron chi connectivity index (χ2n) is 11.2. The monoisotopic (exact) mass is 580 g/mol. The smallest absolute Gasteiger partial charge is 0.304 e. The van der Waals surface area contributed by atoms with E-state index in [0.29, 0.717) is 31.3 Å². The van der Waals surface area contributed by atoms with E-state index in [4.69, 9.17) is 23.7 Å². The Morgan fingerprint density at radius 1 is 0.884 bits per heavy atom. The van der Waals surface area contributed by atoms with Crippen LogP contribution in [-0.4, -0.2) is 37.0 Å². The summed E-state index contributed by atoms with van der Waals surface area (Å²) in [5, 5.41) is 9.21. The maximum Gasteiger partial charge on any atom is 0.304 e. The van der Waals surface area contributed by atoms with Crippen LogP contribution in [0.1, 0.15) is 46.6 Å². The van der Waals surface area contributed by atoms with Crippen molar-refractivity contribution in [3.63, 3.8) is 0 Å². The van der Waals surface area contributed by atoms with Crippen molar-refractivity contribution in [2.45, 2.75) is 51.9 Å². The Bertz CT molecular complexity index is 1570. The van der Waals surface area contributed by atoms with E-state index < -0.39 is 5.97 Å². The predicted molar refractivity (Wildman–Crippen MR) is 163 cm³/mol. The van der Waals surface area contributed by atoms with Crippen LogP contribution in [0.4, 0.5) is 0 Å². The van der Waals surface area contributed by atoms with E-state index in [-0.39, 0.29) is 25.0 Å². The first-order valence-corrected chi connectivity index (χ1v) is 14.7. The molecule has 0 aliphatic carbocycles. The van der Waals surface area contributed by atoms with E-state index in [1.165, 1.54) is 0 Å². The molecule has 1 N–H and O–H groups in total. The third-order valence-electron chi connectivity index (χ3n) is 7.96. The molecule has 2 heterocycles. The van der Waals surface area contributed by atoms with Gasteiger partial charge in [0.2, 0.25) is 0 Å². The first kappa shape index (κ1) is 28.6. The number of aliphatic carboxylic acids is 1. The van der Waals surface area contributed by atoms with Gasteiger partial charge in [-0.1, -0.05) is 42.5 Å². The quantitative estimate of drug-likeness (QED) is 0.200. The van der Waals surface area contributed by atoms with E-state index in [0.717, 1.165) is 63.5 Å². The van der Waals surface area contributed by atoms with Crippen molar-refractivity contribution >= 4 is 5.97 Å². The molecule has 0 amide bonds. The van der Waals surface area contributed by atoms with Crippen LogP contribution in [0.5, 0.6) is 23.0 Å². The van der Waals surface area contributed by atoms with Gasteiger partial charge in [0.25, 0.3) is 0 Å². The molecule has 2 atom stereocenters. The Kier molecular flexibility index (Phi) is 8.52. The Balaban J connectivity index is 1.25. The third kappa shape index (κ3) is 6.78. The average Bonchev–Trinajstić information content (AvgIpc) is 3.65. The summed E-state index contributed by atoms with van der Waals surface area (Å²) in [7, 11) is 0. The average molecular weight is 581 g/mol. The van der Waals surface area contributed by atoms with Crippen molar-refractivity contribution in [1.29, 1.82) is 0 Å². The molecule has 0 saturated carbocycles. The Morgan fingerprint density at radius 2 is 1.70 bits per heavy atom. The van der Waals surface area contributed by atoms with Gasteiger partial charge >= 0.3 is 5.97 Å². The third-order valence-corrected chi connectivity index (χ3v) is 7.96. The second-order valence-corrected chi connectivity index (χ2v) is 11.2. The molecule has 2 aliphatic rings. The zero-order valence-corrected chi connectivity index (χ0v) is 24.5. The molecular weight excluding hydrogens is 544 g/mol. The molecule has 2 unspecified atom stereocenters. The number of carboxylic acids is 1. The van der Waals surface area contributed by atoms with Crippen LogP contribution in [0.2, 0.25) is 0 Å². The SMILES string of the molecule is Cc1cc(OC2CCOC2)cc(C)c1-c1ccc(OCc2ccccc2)c(COc2ccc3c(c2)OCC3CC(=O)O)c1. The van der Waals surface area contributed by atoms with Crippen LogP contribution in [0.15, 0.2) is 78.9 Å². The van der Waals surface area contributed by atoms with Gasteiger partial charge in [-0.25, -0.2) is 0 Å². The molecule has 7 heteroatoms. The van der Waals surface area contributed by atoms with E-state index in [9.17, 15) is 9.90 Å². The lowest BCUT2D eigenvalue weighted by Gasteiger charge is -2.18. The van der Waals surface area contributed by atoms with Gasteiger partial charge in [-0.15, -0.1) is 0 Å². The van der Waals surface area contributed by atoms with Crippen LogP contribution in [-0.2, 0) is 22.7 Å².